The number of hydrogen-bond donors (Lipinski definition) is 3. The predicted octanol–water partition coefficient (Wildman–Crippen LogP) is 3.13. The topological polar surface area (TPSA) is 113 Å². The van der Waals surface area contributed by atoms with Gasteiger partial charge in [-0.25, -0.2) is 18.8 Å². The molecule has 3 aromatic rings. The molecule has 1 saturated heterocycles. The van der Waals surface area contributed by atoms with E-state index in [4.69, 9.17) is 0 Å². The average molecular weight is 464 g/mol. The Bertz CT molecular complexity index is 1300. The minimum Gasteiger partial charge on any atom is -0.316 e. The summed E-state index contributed by atoms with van der Waals surface area (Å²) in [6, 6.07) is 15.3. The number of piperidine rings is 1. The number of hydrazone groups is 1. The lowest BCUT2D eigenvalue weighted by atomic mass is 9.99. The maximum absolute atomic E-state index is 12.9. The molecule has 1 aliphatic heterocycles. The molecule has 0 saturated carbocycles. The highest BCUT2D eigenvalue weighted by atomic mass is 32.2. The summed E-state index contributed by atoms with van der Waals surface area (Å²) in [4.78, 5) is 16.9. The lowest BCUT2D eigenvalue weighted by Crippen LogP contribution is -2.38. The Morgan fingerprint density at radius 1 is 1.15 bits per heavy atom. The standard InChI is InChI=1S/C24H25N5O3S/c1-2-17-8-12-21(13-9-17)33(31,32)29-22-7-3-5-18-10-11-20(27-23(18)22)16-26-28-24(30)19-6-4-14-25-15-19/h2-3,5,7-13,16,19,25,29H,1,4,6,14-15H2,(H,28,30)/b26-16+. The summed E-state index contributed by atoms with van der Waals surface area (Å²) >= 11 is 0. The van der Waals surface area contributed by atoms with Gasteiger partial charge in [-0.1, -0.05) is 43.0 Å². The monoisotopic (exact) mass is 463 g/mol. The Kier molecular flexibility index (Phi) is 6.81. The molecule has 1 amide bonds. The number of nitrogens with one attached hydrogen (secondary N) is 3. The van der Waals surface area contributed by atoms with Crippen LogP contribution in [0.15, 0.2) is 71.2 Å². The number of rotatable bonds is 7. The Hall–Kier alpha value is -3.56. The van der Waals surface area contributed by atoms with Crippen LogP contribution in [0.25, 0.3) is 17.0 Å². The molecule has 9 heteroatoms. The SMILES string of the molecule is C=Cc1ccc(S(=O)(=O)Nc2cccc3ccc(/C=N/NC(=O)C4CCCNC4)nc23)cc1. The lowest BCUT2D eigenvalue weighted by molar-refractivity contribution is -0.125. The molecule has 170 valence electrons. The summed E-state index contributed by atoms with van der Waals surface area (Å²) in [5, 5.41) is 8.00. The van der Waals surface area contributed by atoms with E-state index in [0.717, 1.165) is 30.3 Å². The van der Waals surface area contributed by atoms with Gasteiger partial charge in [0, 0.05) is 11.9 Å². The van der Waals surface area contributed by atoms with Gasteiger partial charge in [0.15, 0.2) is 0 Å². The van der Waals surface area contributed by atoms with E-state index in [1.807, 2.05) is 12.1 Å². The molecule has 1 aromatic heterocycles. The first-order valence-corrected chi connectivity index (χ1v) is 12.1. The van der Waals surface area contributed by atoms with Gasteiger partial charge in [0.1, 0.15) is 0 Å². The number of anilines is 1. The number of benzene rings is 2. The van der Waals surface area contributed by atoms with Crippen molar-refractivity contribution in [2.75, 3.05) is 17.8 Å². The van der Waals surface area contributed by atoms with E-state index in [9.17, 15) is 13.2 Å². The van der Waals surface area contributed by atoms with Crippen LogP contribution < -0.4 is 15.5 Å². The van der Waals surface area contributed by atoms with E-state index in [1.165, 1.54) is 18.3 Å². The predicted molar refractivity (Wildman–Crippen MR) is 130 cm³/mol. The highest BCUT2D eigenvalue weighted by Gasteiger charge is 2.20. The number of pyridine rings is 1. The Morgan fingerprint density at radius 3 is 2.70 bits per heavy atom. The maximum Gasteiger partial charge on any atom is 0.261 e. The number of amides is 1. The number of sulfonamides is 1. The van der Waals surface area contributed by atoms with Gasteiger partial charge in [-0.3, -0.25) is 9.52 Å². The molecule has 0 aliphatic carbocycles. The number of aromatic nitrogens is 1. The van der Waals surface area contributed by atoms with Gasteiger partial charge in [-0.15, -0.1) is 0 Å². The average Bonchev–Trinajstić information content (AvgIpc) is 2.84. The Balaban J connectivity index is 1.53. The van der Waals surface area contributed by atoms with Crippen LogP contribution in [0.2, 0.25) is 0 Å². The quantitative estimate of drug-likeness (QED) is 0.368. The highest BCUT2D eigenvalue weighted by molar-refractivity contribution is 7.92. The molecule has 0 bridgehead atoms. The van der Waals surface area contributed by atoms with Gasteiger partial charge in [-0.2, -0.15) is 5.10 Å². The Labute approximate surface area is 192 Å². The molecule has 1 atom stereocenters. The van der Waals surface area contributed by atoms with Crippen molar-refractivity contribution in [3.8, 4) is 0 Å². The van der Waals surface area contributed by atoms with Crippen molar-refractivity contribution >= 4 is 44.8 Å². The van der Waals surface area contributed by atoms with Crippen LogP contribution in [-0.4, -0.2) is 38.6 Å². The first-order chi connectivity index (χ1) is 16.0. The minimum atomic E-state index is -3.80. The molecule has 3 N–H and O–H groups in total. The van der Waals surface area contributed by atoms with Crippen LogP contribution >= 0.6 is 0 Å². The van der Waals surface area contributed by atoms with E-state index in [-0.39, 0.29) is 16.7 Å². The van der Waals surface area contributed by atoms with Gasteiger partial charge < -0.3 is 5.32 Å². The first kappa shape index (κ1) is 22.6. The third-order valence-electron chi connectivity index (χ3n) is 5.45. The molecule has 0 spiro atoms. The molecule has 8 nitrogen and oxygen atoms in total. The van der Waals surface area contributed by atoms with Crippen LogP contribution in [0.5, 0.6) is 0 Å². The van der Waals surface area contributed by atoms with E-state index in [0.29, 0.717) is 23.4 Å². The van der Waals surface area contributed by atoms with E-state index < -0.39 is 10.0 Å². The second-order valence-corrected chi connectivity index (χ2v) is 9.45. The van der Waals surface area contributed by atoms with Gasteiger partial charge in [0.25, 0.3) is 10.0 Å². The van der Waals surface area contributed by atoms with Crippen LogP contribution in [0.4, 0.5) is 5.69 Å². The molecule has 4 rings (SSSR count). The third-order valence-corrected chi connectivity index (χ3v) is 6.83. The summed E-state index contributed by atoms with van der Waals surface area (Å²) in [5.74, 6) is -0.225. The highest BCUT2D eigenvalue weighted by Crippen LogP contribution is 2.24. The molecule has 33 heavy (non-hydrogen) atoms. The van der Waals surface area contributed by atoms with Crippen LogP contribution in [0.3, 0.4) is 0 Å². The van der Waals surface area contributed by atoms with Crippen molar-refractivity contribution in [1.29, 1.82) is 0 Å². The first-order valence-electron chi connectivity index (χ1n) is 10.6. The van der Waals surface area contributed by atoms with Crippen molar-refractivity contribution in [2.24, 2.45) is 11.0 Å². The summed E-state index contributed by atoms with van der Waals surface area (Å²) in [6.45, 7) is 5.26. The molecular weight excluding hydrogens is 438 g/mol. The molecule has 1 fully saturated rings. The molecule has 2 aromatic carbocycles. The smallest absolute Gasteiger partial charge is 0.261 e. The van der Waals surface area contributed by atoms with E-state index in [2.05, 4.69) is 32.1 Å². The van der Waals surface area contributed by atoms with Gasteiger partial charge in [0.2, 0.25) is 5.91 Å². The van der Waals surface area contributed by atoms with E-state index >= 15 is 0 Å². The number of nitrogens with zero attached hydrogens (tertiary/aromatic N) is 2. The summed E-state index contributed by atoms with van der Waals surface area (Å²) in [6.07, 6.45) is 4.90. The zero-order valence-corrected chi connectivity index (χ0v) is 18.8. The van der Waals surface area contributed by atoms with Crippen LogP contribution in [-0.2, 0) is 14.8 Å². The number of para-hydroxylation sites is 1. The van der Waals surface area contributed by atoms with Crippen molar-refractivity contribution in [1.82, 2.24) is 15.7 Å². The van der Waals surface area contributed by atoms with Crippen molar-refractivity contribution in [2.45, 2.75) is 17.7 Å². The second kappa shape index (κ2) is 9.93. The maximum atomic E-state index is 12.9. The molecule has 0 radical (unpaired) electrons. The number of carbonyl (C=O) groups excluding carboxylic acids is 1. The second-order valence-electron chi connectivity index (χ2n) is 7.77. The minimum absolute atomic E-state index is 0.0954. The van der Waals surface area contributed by atoms with Crippen molar-refractivity contribution < 1.29 is 13.2 Å². The fraction of sp³-hybridized carbons (Fsp3) is 0.208. The molecule has 1 aliphatic rings. The zero-order chi connectivity index (χ0) is 23.3. The fourth-order valence-corrected chi connectivity index (χ4v) is 4.70. The number of carbonyl (C=O) groups is 1. The molecule has 2 heterocycles. The Morgan fingerprint density at radius 2 is 1.97 bits per heavy atom. The number of hydrogen-bond acceptors (Lipinski definition) is 6. The third kappa shape index (κ3) is 5.44. The van der Waals surface area contributed by atoms with Gasteiger partial charge in [0.05, 0.1) is 33.9 Å². The number of fused-ring (bicyclic) bond motifs is 1. The van der Waals surface area contributed by atoms with Crippen LogP contribution in [0, 0.1) is 5.92 Å². The largest absolute Gasteiger partial charge is 0.316 e. The fourth-order valence-electron chi connectivity index (χ4n) is 3.63. The van der Waals surface area contributed by atoms with Crippen molar-refractivity contribution in [3.05, 3.63) is 72.4 Å². The summed E-state index contributed by atoms with van der Waals surface area (Å²) in [7, 11) is -3.80. The zero-order valence-electron chi connectivity index (χ0n) is 18.0. The van der Waals surface area contributed by atoms with Crippen LogP contribution in [0.1, 0.15) is 24.1 Å². The summed E-state index contributed by atoms with van der Waals surface area (Å²) in [5.41, 5.74) is 4.72. The lowest BCUT2D eigenvalue weighted by Gasteiger charge is -2.20. The van der Waals surface area contributed by atoms with Crippen molar-refractivity contribution in [3.63, 3.8) is 0 Å². The molecular formula is C24H25N5O3S. The van der Waals surface area contributed by atoms with E-state index in [1.54, 1.807) is 36.4 Å². The molecule has 1 unspecified atom stereocenters. The van der Waals surface area contributed by atoms with Gasteiger partial charge >= 0.3 is 0 Å². The van der Waals surface area contributed by atoms with Gasteiger partial charge in [-0.05, 0) is 49.2 Å². The normalized spacial score (nSPS) is 16.5. The summed E-state index contributed by atoms with van der Waals surface area (Å²) < 4.78 is 28.4.